The van der Waals surface area contributed by atoms with Crippen molar-refractivity contribution >= 4 is 5.96 Å². The quantitative estimate of drug-likeness (QED) is 0.549. The Bertz CT molecular complexity index is 259. The lowest BCUT2D eigenvalue weighted by Gasteiger charge is -2.25. The van der Waals surface area contributed by atoms with Crippen LogP contribution in [-0.2, 0) is 0 Å². The smallest absolute Gasteiger partial charge is 0.191 e. The number of likely N-dealkylation sites (tertiary alicyclic amines) is 1. The molecule has 0 aromatic rings. The first-order valence-corrected chi connectivity index (χ1v) is 8.00. The summed E-state index contributed by atoms with van der Waals surface area (Å²) in [5.74, 6) is 0.967. The van der Waals surface area contributed by atoms with Gasteiger partial charge in [0, 0.05) is 18.6 Å². The molecule has 0 spiro atoms. The van der Waals surface area contributed by atoms with E-state index >= 15 is 0 Å². The van der Waals surface area contributed by atoms with Crippen LogP contribution >= 0.6 is 0 Å². The summed E-state index contributed by atoms with van der Waals surface area (Å²) in [6.07, 6.45) is 5.01. The second kappa shape index (κ2) is 9.18. The van der Waals surface area contributed by atoms with Gasteiger partial charge >= 0.3 is 0 Å². The van der Waals surface area contributed by atoms with Gasteiger partial charge in [-0.15, -0.1) is 0 Å². The third-order valence-electron chi connectivity index (χ3n) is 3.93. The van der Waals surface area contributed by atoms with E-state index in [2.05, 4.69) is 43.2 Å². The van der Waals surface area contributed by atoms with Crippen LogP contribution in [0.2, 0.25) is 0 Å². The molecule has 0 aliphatic carbocycles. The van der Waals surface area contributed by atoms with Crippen molar-refractivity contribution in [3.63, 3.8) is 0 Å². The number of guanidine groups is 1. The fourth-order valence-corrected chi connectivity index (χ4v) is 2.46. The van der Waals surface area contributed by atoms with E-state index in [0.717, 1.165) is 25.5 Å². The van der Waals surface area contributed by atoms with Crippen molar-refractivity contribution in [2.24, 2.45) is 4.99 Å². The predicted octanol–water partition coefficient (Wildman–Crippen LogP) is 2.21. The van der Waals surface area contributed by atoms with Crippen LogP contribution in [-0.4, -0.2) is 49.1 Å². The third kappa shape index (κ3) is 5.81. The molecule has 0 radical (unpaired) electrons. The van der Waals surface area contributed by atoms with E-state index in [-0.39, 0.29) is 0 Å². The van der Waals surface area contributed by atoms with Crippen LogP contribution in [0, 0.1) is 0 Å². The first kappa shape index (κ1) is 16.3. The summed E-state index contributed by atoms with van der Waals surface area (Å²) in [7, 11) is 0. The highest BCUT2D eigenvalue weighted by atomic mass is 15.2. The summed E-state index contributed by atoms with van der Waals surface area (Å²) >= 11 is 0. The van der Waals surface area contributed by atoms with E-state index in [1.165, 1.54) is 32.4 Å². The monoisotopic (exact) mass is 268 g/mol. The molecule has 112 valence electrons. The summed E-state index contributed by atoms with van der Waals surface area (Å²) in [5, 5.41) is 6.80. The summed E-state index contributed by atoms with van der Waals surface area (Å²) in [6, 6.07) is 1.08. The van der Waals surface area contributed by atoms with Gasteiger partial charge in [-0.1, -0.05) is 13.8 Å². The molecule has 2 atom stereocenters. The minimum Gasteiger partial charge on any atom is -0.357 e. The molecule has 0 aromatic heterocycles. The average molecular weight is 268 g/mol. The molecular formula is C15H32N4. The third-order valence-corrected chi connectivity index (χ3v) is 3.93. The fraction of sp³-hybridized carbons (Fsp3) is 0.933. The topological polar surface area (TPSA) is 39.7 Å². The van der Waals surface area contributed by atoms with Crippen LogP contribution in [0.5, 0.6) is 0 Å². The molecule has 0 aromatic carbocycles. The number of hydrogen-bond donors (Lipinski definition) is 2. The Labute approximate surface area is 119 Å². The maximum absolute atomic E-state index is 4.77. The molecule has 2 unspecified atom stereocenters. The van der Waals surface area contributed by atoms with Gasteiger partial charge in [-0.3, -0.25) is 9.89 Å². The summed E-state index contributed by atoms with van der Waals surface area (Å²) in [4.78, 5) is 7.36. The van der Waals surface area contributed by atoms with E-state index in [9.17, 15) is 0 Å². The molecular weight excluding hydrogens is 236 g/mol. The second-order valence-electron chi connectivity index (χ2n) is 5.48. The van der Waals surface area contributed by atoms with Gasteiger partial charge in [0.25, 0.3) is 0 Å². The molecule has 1 heterocycles. The minimum atomic E-state index is 0.477. The van der Waals surface area contributed by atoms with E-state index < -0.39 is 0 Å². The zero-order valence-electron chi connectivity index (χ0n) is 13.2. The van der Waals surface area contributed by atoms with Crippen molar-refractivity contribution in [2.45, 2.75) is 65.5 Å². The molecule has 1 aliphatic rings. The number of hydrogen-bond acceptors (Lipinski definition) is 2. The Morgan fingerprint density at radius 3 is 2.37 bits per heavy atom. The van der Waals surface area contributed by atoms with Crippen LogP contribution in [0.3, 0.4) is 0 Å². The lowest BCUT2D eigenvalue weighted by Crippen LogP contribution is -2.43. The maximum Gasteiger partial charge on any atom is 0.191 e. The second-order valence-corrected chi connectivity index (χ2v) is 5.48. The maximum atomic E-state index is 4.77. The lowest BCUT2D eigenvalue weighted by atomic mass is 10.2. The van der Waals surface area contributed by atoms with Crippen LogP contribution in [0.4, 0.5) is 0 Å². The predicted molar refractivity (Wildman–Crippen MR) is 83.8 cm³/mol. The van der Waals surface area contributed by atoms with Crippen molar-refractivity contribution in [1.29, 1.82) is 0 Å². The molecule has 1 aliphatic heterocycles. The molecule has 4 nitrogen and oxygen atoms in total. The highest BCUT2D eigenvalue weighted by Crippen LogP contribution is 2.14. The minimum absolute atomic E-state index is 0.477. The number of aliphatic imine (C=N–C) groups is 1. The Balaban J connectivity index is 2.51. The summed E-state index contributed by atoms with van der Waals surface area (Å²) in [5.41, 5.74) is 0. The fourth-order valence-electron chi connectivity index (χ4n) is 2.46. The van der Waals surface area contributed by atoms with Gasteiger partial charge in [-0.2, -0.15) is 0 Å². The first-order chi connectivity index (χ1) is 9.21. The van der Waals surface area contributed by atoms with Crippen molar-refractivity contribution < 1.29 is 0 Å². The van der Waals surface area contributed by atoms with Gasteiger partial charge in [0.15, 0.2) is 5.96 Å². The normalized spacial score (nSPS) is 20.3. The van der Waals surface area contributed by atoms with Gasteiger partial charge in [0.05, 0.1) is 6.54 Å². The molecule has 0 bridgehead atoms. The van der Waals surface area contributed by atoms with E-state index in [1.54, 1.807) is 0 Å². The summed E-state index contributed by atoms with van der Waals surface area (Å²) in [6.45, 7) is 13.1. The number of nitrogens with one attached hydrogen (secondary N) is 2. The van der Waals surface area contributed by atoms with Crippen LogP contribution in [0.1, 0.15) is 53.4 Å². The molecule has 19 heavy (non-hydrogen) atoms. The zero-order valence-corrected chi connectivity index (χ0v) is 13.2. The first-order valence-electron chi connectivity index (χ1n) is 8.00. The Hall–Kier alpha value is -0.770. The molecule has 1 fully saturated rings. The largest absolute Gasteiger partial charge is 0.357 e. The standard InChI is InChI=1S/C15H32N4/c1-5-13(4)18-15(16-7-3)17-12-14(6-2)19-10-8-9-11-19/h13-14H,5-12H2,1-4H3,(H2,16,17,18). The van der Waals surface area contributed by atoms with Gasteiger partial charge in [0.1, 0.15) is 0 Å². The zero-order chi connectivity index (χ0) is 14.1. The number of nitrogens with zero attached hydrogens (tertiary/aromatic N) is 2. The van der Waals surface area contributed by atoms with Gasteiger partial charge in [0.2, 0.25) is 0 Å². The van der Waals surface area contributed by atoms with Gasteiger partial charge in [-0.25, -0.2) is 0 Å². The SMILES string of the molecule is CCNC(=NCC(CC)N1CCCC1)NC(C)CC. The molecule has 4 heteroatoms. The molecule has 1 saturated heterocycles. The molecule has 2 N–H and O–H groups in total. The Kier molecular flexibility index (Phi) is 7.87. The highest BCUT2D eigenvalue weighted by molar-refractivity contribution is 5.80. The Morgan fingerprint density at radius 2 is 1.84 bits per heavy atom. The van der Waals surface area contributed by atoms with Crippen molar-refractivity contribution in [3.8, 4) is 0 Å². The van der Waals surface area contributed by atoms with Gasteiger partial charge in [-0.05, 0) is 52.6 Å². The molecule has 0 saturated carbocycles. The van der Waals surface area contributed by atoms with Crippen molar-refractivity contribution in [1.82, 2.24) is 15.5 Å². The van der Waals surface area contributed by atoms with Gasteiger partial charge < -0.3 is 10.6 Å². The Morgan fingerprint density at radius 1 is 1.16 bits per heavy atom. The van der Waals surface area contributed by atoms with E-state index in [0.29, 0.717) is 12.1 Å². The highest BCUT2D eigenvalue weighted by Gasteiger charge is 2.20. The van der Waals surface area contributed by atoms with E-state index in [1.807, 2.05) is 0 Å². The van der Waals surface area contributed by atoms with Crippen molar-refractivity contribution in [2.75, 3.05) is 26.2 Å². The lowest BCUT2D eigenvalue weighted by molar-refractivity contribution is 0.242. The van der Waals surface area contributed by atoms with Crippen LogP contribution in [0.15, 0.2) is 4.99 Å². The average Bonchev–Trinajstić information content (AvgIpc) is 2.93. The molecule has 0 amide bonds. The van der Waals surface area contributed by atoms with E-state index in [4.69, 9.17) is 4.99 Å². The van der Waals surface area contributed by atoms with Crippen LogP contribution in [0.25, 0.3) is 0 Å². The van der Waals surface area contributed by atoms with Crippen molar-refractivity contribution in [3.05, 3.63) is 0 Å². The number of rotatable bonds is 7. The molecule has 1 rings (SSSR count). The van der Waals surface area contributed by atoms with Crippen LogP contribution < -0.4 is 10.6 Å². The summed E-state index contributed by atoms with van der Waals surface area (Å²) < 4.78 is 0.